The topological polar surface area (TPSA) is 59.8 Å². The van der Waals surface area contributed by atoms with Crippen LogP contribution >= 0.6 is 31.9 Å². The Bertz CT molecular complexity index is 369. The van der Waals surface area contributed by atoms with Crippen molar-refractivity contribution in [1.82, 2.24) is 20.1 Å². The third-order valence-electron chi connectivity index (χ3n) is 1.41. The Balaban J connectivity index is 2.63. The van der Waals surface area contributed by atoms with Crippen LogP contribution in [0, 0.1) is 0 Å². The molecule has 0 saturated heterocycles. The van der Waals surface area contributed by atoms with Crippen molar-refractivity contribution < 1.29 is 4.79 Å². The fraction of sp³-hybridized carbons (Fsp3) is 0.625. The van der Waals surface area contributed by atoms with Crippen molar-refractivity contribution in [3.63, 3.8) is 0 Å². The molecule has 0 fully saturated rings. The zero-order valence-corrected chi connectivity index (χ0v) is 11.9. The van der Waals surface area contributed by atoms with Gasteiger partial charge in [0.1, 0.15) is 6.54 Å². The molecule has 1 rings (SSSR count). The quantitative estimate of drug-likeness (QED) is 0.892. The van der Waals surface area contributed by atoms with Gasteiger partial charge in [0.2, 0.25) is 10.6 Å². The average Bonchev–Trinajstić information content (AvgIpc) is 2.25. The Morgan fingerprint density at radius 3 is 2.47 bits per heavy atom. The molecule has 0 aliphatic heterocycles. The molecule has 0 unspecified atom stereocenters. The first-order valence-corrected chi connectivity index (χ1v) is 5.93. The Hall–Kier alpha value is -0.430. The summed E-state index contributed by atoms with van der Waals surface area (Å²) < 4.78 is 2.46. The van der Waals surface area contributed by atoms with Crippen LogP contribution in [0.3, 0.4) is 0 Å². The second-order valence-corrected chi connectivity index (χ2v) is 5.52. The molecule has 1 amide bonds. The number of aromatic nitrogens is 3. The highest BCUT2D eigenvalue weighted by Crippen LogP contribution is 2.10. The first kappa shape index (κ1) is 12.6. The van der Waals surface area contributed by atoms with Gasteiger partial charge in [0.15, 0.2) is 4.73 Å². The van der Waals surface area contributed by atoms with Crippen molar-refractivity contribution in [3.8, 4) is 0 Å². The minimum atomic E-state index is -0.235. The molecule has 0 spiro atoms. The van der Waals surface area contributed by atoms with Crippen LogP contribution in [0.2, 0.25) is 0 Å². The highest BCUT2D eigenvalue weighted by molar-refractivity contribution is 9.11. The third-order valence-corrected chi connectivity index (χ3v) is 2.33. The molecule has 0 aliphatic rings. The van der Waals surface area contributed by atoms with Crippen LogP contribution in [0.5, 0.6) is 0 Å². The molecule has 0 radical (unpaired) electrons. The van der Waals surface area contributed by atoms with E-state index in [1.54, 1.807) is 0 Å². The smallest absolute Gasteiger partial charge is 0.242 e. The van der Waals surface area contributed by atoms with Crippen molar-refractivity contribution in [3.05, 3.63) is 9.47 Å². The number of amides is 1. The van der Waals surface area contributed by atoms with Gasteiger partial charge in [-0.3, -0.25) is 4.79 Å². The summed E-state index contributed by atoms with van der Waals surface area (Å²) in [6.07, 6.45) is 0. The number of nitrogens with zero attached hydrogens (tertiary/aromatic N) is 3. The van der Waals surface area contributed by atoms with Crippen molar-refractivity contribution in [2.24, 2.45) is 0 Å². The molecule has 1 aromatic rings. The van der Waals surface area contributed by atoms with E-state index in [-0.39, 0.29) is 18.0 Å². The van der Waals surface area contributed by atoms with E-state index in [1.165, 1.54) is 4.68 Å². The number of rotatable bonds is 2. The van der Waals surface area contributed by atoms with Crippen LogP contribution in [-0.2, 0) is 11.3 Å². The van der Waals surface area contributed by atoms with Crippen molar-refractivity contribution >= 4 is 37.8 Å². The molecule has 0 aliphatic carbocycles. The number of hydrogen-bond donors (Lipinski definition) is 1. The van der Waals surface area contributed by atoms with E-state index in [2.05, 4.69) is 47.3 Å². The SMILES string of the molecule is CC(C)(C)NC(=O)Cn1nc(Br)nc1Br. The van der Waals surface area contributed by atoms with Crippen LogP contribution < -0.4 is 5.32 Å². The van der Waals surface area contributed by atoms with E-state index in [0.29, 0.717) is 9.47 Å². The van der Waals surface area contributed by atoms with Gasteiger partial charge in [-0.2, -0.15) is 4.98 Å². The Kier molecular flexibility index (Phi) is 3.88. The minimum absolute atomic E-state index is 0.0967. The molecule has 1 aromatic heterocycles. The van der Waals surface area contributed by atoms with Gasteiger partial charge in [-0.15, -0.1) is 5.10 Å². The van der Waals surface area contributed by atoms with E-state index in [0.717, 1.165) is 0 Å². The van der Waals surface area contributed by atoms with Crippen LogP contribution in [0.25, 0.3) is 0 Å². The monoisotopic (exact) mass is 338 g/mol. The predicted octanol–water partition coefficient (Wildman–Crippen LogP) is 1.72. The van der Waals surface area contributed by atoms with Crippen LogP contribution in [0.4, 0.5) is 0 Å². The van der Waals surface area contributed by atoms with E-state index in [4.69, 9.17) is 0 Å². The summed E-state index contributed by atoms with van der Waals surface area (Å²) in [6.45, 7) is 5.93. The van der Waals surface area contributed by atoms with Gasteiger partial charge in [0, 0.05) is 5.54 Å². The summed E-state index contributed by atoms with van der Waals surface area (Å²) in [7, 11) is 0. The molecule has 0 bridgehead atoms. The third kappa shape index (κ3) is 4.29. The zero-order valence-electron chi connectivity index (χ0n) is 8.71. The van der Waals surface area contributed by atoms with Gasteiger partial charge in [0.25, 0.3) is 0 Å². The maximum Gasteiger partial charge on any atom is 0.242 e. The van der Waals surface area contributed by atoms with Gasteiger partial charge in [-0.25, -0.2) is 4.68 Å². The van der Waals surface area contributed by atoms with Crippen molar-refractivity contribution in [1.29, 1.82) is 0 Å². The van der Waals surface area contributed by atoms with Gasteiger partial charge in [-0.05, 0) is 52.6 Å². The van der Waals surface area contributed by atoms with E-state index in [1.807, 2.05) is 20.8 Å². The number of hydrogen-bond acceptors (Lipinski definition) is 3. The molecule has 5 nitrogen and oxygen atoms in total. The Morgan fingerprint density at radius 2 is 2.07 bits per heavy atom. The molecule has 1 N–H and O–H groups in total. The fourth-order valence-electron chi connectivity index (χ4n) is 0.991. The summed E-state index contributed by atoms with van der Waals surface area (Å²) in [5.41, 5.74) is -0.235. The molecule has 0 saturated carbocycles. The van der Waals surface area contributed by atoms with Crippen molar-refractivity contribution in [2.75, 3.05) is 0 Å². The lowest BCUT2D eigenvalue weighted by molar-refractivity contribution is -0.123. The van der Waals surface area contributed by atoms with Crippen LogP contribution in [0.1, 0.15) is 20.8 Å². The minimum Gasteiger partial charge on any atom is -0.350 e. The highest BCUT2D eigenvalue weighted by atomic mass is 79.9. The molecule has 7 heteroatoms. The second kappa shape index (κ2) is 4.61. The Morgan fingerprint density at radius 1 is 1.47 bits per heavy atom. The second-order valence-electron chi connectivity index (χ2n) is 4.11. The van der Waals surface area contributed by atoms with E-state index < -0.39 is 0 Å². The zero-order chi connectivity index (χ0) is 11.6. The molecule has 0 aromatic carbocycles. The largest absolute Gasteiger partial charge is 0.350 e. The van der Waals surface area contributed by atoms with Gasteiger partial charge in [0.05, 0.1) is 0 Å². The number of halogens is 2. The lowest BCUT2D eigenvalue weighted by Crippen LogP contribution is -2.42. The summed E-state index contributed by atoms with van der Waals surface area (Å²) >= 11 is 6.33. The lowest BCUT2D eigenvalue weighted by Gasteiger charge is -2.20. The molecular formula is C8H12Br2N4O. The summed E-state index contributed by atoms with van der Waals surface area (Å²) in [5, 5.41) is 6.84. The average molecular weight is 340 g/mol. The highest BCUT2D eigenvalue weighted by Gasteiger charge is 2.15. The molecule has 84 valence electrons. The summed E-state index contributed by atoms with van der Waals surface area (Å²) in [6, 6.07) is 0. The first-order valence-electron chi connectivity index (χ1n) is 4.35. The predicted molar refractivity (Wildman–Crippen MR) is 63.3 cm³/mol. The summed E-state index contributed by atoms with van der Waals surface area (Å²) in [4.78, 5) is 15.5. The molecule has 0 atom stereocenters. The molecule has 15 heavy (non-hydrogen) atoms. The van der Waals surface area contributed by atoms with Gasteiger partial charge in [-0.1, -0.05) is 0 Å². The lowest BCUT2D eigenvalue weighted by atomic mass is 10.1. The van der Waals surface area contributed by atoms with E-state index >= 15 is 0 Å². The molecule has 1 heterocycles. The van der Waals surface area contributed by atoms with Gasteiger partial charge < -0.3 is 5.32 Å². The number of nitrogens with one attached hydrogen (secondary N) is 1. The summed E-state index contributed by atoms with van der Waals surface area (Å²) in [5.74, 6) is -0.0967. The van der Waals surface area contributed by atoms with Crippen molar-refractivity contribution in [2.45, 2.75) is 32.9 Å². The number of carbonyl (C=O) groups excluding carboxylic acids is 1. The van der Waals surface area contributed by atoms with E-state index in [9.17, 15) is 4.79 Å². The van der Waals surface area contributed by atoms with Gasteiger partial charge >= 0.3 is 0 Å². The molecular weight excluding hydrogens is 328 g/mol. The first-order chi connectivity index (χ1) is 6.78. The maximum atomic E-state index is 11.6. The fourth-order valence-corrected chi connectivity index (χ4v) is 1.96. The van der Waals surface area contributed by atoms with Crippen LogP contribution in [0.15, 0.2) is 9.47 Å². The normalized spacial score (nSPS) is 11.5. The standard InChI is InChI=1S/C8H12Br2N4O/c1-8(2,3)12-5(15)4-14-7(10)11-6(9)13-14/h4H2,1-3H3,(H,12,15). The Labute approximate surface area is 105 Å². The number of carbonyl (C=O) groups is 1. The maximum absolute atomic E-state index is 11.6. The van der Waals surface area contributed by atoms with Crippen LogP contribution in [-0.4, -0.2) is 26.2 Å².